The van der Waals surface area contributed by atoms with Crippen LogP contribution < -0.4 is 5.32 Å². The zero-order chi connectivity index (χ0) is 12.3. The molecule has 0 aliphatic rings. The van der Waals surface area contributed by atoms with Crippen LogP contribution in [0.4, 0.5) is 15.9 Å². The van der Waals surface area contributed by atoms with E-state index in [0.717, 1.165) is 0 Å². The number of aromatic nitrogens is 2. The molecule has 0 saturated heterocycles. The van der Waals surface area contributed by atoms with E-state index in [-0.39, 0.29) is 16.5 Å². The molecular weight excluding hydrogens is 243 g/mol. The quantitative estimate of drug-likeness (QED) is 0.888. The smallest absolute Gasteiger partial charge is 0.183 e. The minimum atomic E-state index is -0.470. The molecule has 1 heterocycles. The number of halogens is 2. The maximum Gasteiger partial charge on any atom is 0.183 e. The fourth-order valence-corrected chi connectivity index (χ4v) is 1.50. The molecule has 84 valence electrons. The number of hydrogen-bond acceptors (Lipinski definition) is 4. The van der Waals surface area contributed by atoms with Crippen molar-refractivity contribution >= 4 is 23.1 Å². The average Bonchev–Trinajstić information content (AvgIpc) is 2.28. The van der Waals surface area contributed by atoms with E-state index in [1.807, 2.05) is 6.07 Å². The lowest BCUT2D eigenvalue weighted by atomic mass is 10.3. The van der Waals surface area contributed by atoms with Gasteiger partial charge in [-0.25, -0.2) is 14.4 Å². The van der Waals surface area contributed by atoms with E-state index in [4.69, 9.17) is 16.9 Å². The molecule has 1 aromatic carbocycles. The predicted octanol–water partition coefficient (Wildman–Crippen LogP) is 2.88. The van der Waals surface area contributed by atoms with Gasteiger partial charge in [0.1, 0.15) is 11.9 Å². The molecule has 0 atom stereocenters. The summed E-state index contributed by atoms with van der Waals surface area (Å²) in [5, 5.41) is 11.9. The third kappa shape index (κ3) is 2.68. The van der Waals surface area contributed by atoms with Gasteiger partial charge in [0.15, 0.2) is 11.5 Å². The Balaban J connectivity index is 2.35. The van der Waals surface area contributed by atoms with Gasteiger partial charge in [0.25, 0.3) is 0 Å². The largest absolute Gasteiger partial charge is 0.338 e. The Morgan fingerprint density at radius 3 is 2.71 bits per heavy atom. The summed E-state index contributed by atoms with van der Waals surface area (Å²) in [6, 6.07) is 5.85. The summed E-state index contributed by atoms with van der Waals surface area (Å²) in [6.07, 6.45) is 2.84. The van der Waals surface area contributed by atoms with E-state index < -0.39 is 5.82 Å². The van der Waals surface area contributed by atoms with E-state index in [9.17, 15) is 4.39 Å². The second-order valence-electron chi connectivity index (χ2n) is 3.15. The van der Waals surface area contributed by atoms with Crippen LogP contribution in [-0.2, 0) is 0 Å². The number of anilines is 2. The fraction of sp³-hybridized carbons (Fsp3) is 0. The third-order valence-electron chi connectivity index (χ3n) is 1.93. The van der Waals surface area contributed by atoms with Crippen LogP contribution >= 0.6 is 11.6 Å². The van der Waals surface area contributed by atoms with Crippen molar-refractivity contribution in [1.82, 2.24) is 9.97 Å². The molecule has 0 aliphatic heterocycles. The molecule has 0 unspecified atom stereocenters. The summed E-state index contributed by atoms with van der Waals surface area (Å²) >= 11 is 5.71. The fourth-order valence-electron chi connectivity index (χ4n) is 1.27. The Hall–Kier alpha value is -2.19. The highest BCUT2D eigenvalue weighted by molar-refractivity contribution is 6.30. The van der Waals surface area contributed by atoms with Gasteiger partial charge in [0, 0.05) is 23.1 Å². The molecule has 0 radical (unpaired) electrons. The number of benzene rings is 1. The molecule has 0 amide bonds. The molecule has 0 spiro atoms. The molecular formula is C11H6ClFN4. The molecule has 2 rings (SSSR count). The summed E-state index contributed by atoms with van der Waals surface area (Å²) in [4.78, 5) is 7.77. The SMILES string of the molecule is N#Cc1nccnc1Nc1cc(F)cc(Cl)c1. The second-order valence-corrected chi connectivity index (χ2v) is 3.58. The lowest BCUT2D eigenvalue weighted by Crippen LogP contribution is -1.98. The second kappa shape index (κ2) is 4.76. The van der Waals surface area contributed by atoms with Gasteiger partial charge in [0.05, 0.1) is 0 Å². The van der Waals surface area contributed by atoms with Gasteiger partial charge in [-0.05, 0) is 18.2 Å². The average molecular weight is 249 g/mol. The van der Waals surface area contributed by atoms with E-state index in [0.29, 0.717) is 5.69 Å². The number of nitriles is 1. The van der Waals surface area contributed by atoms with Gasteiger partial charge in [-0.3, -0.25) is 0 Å². The predicted molar refractivity (Wildman–Crippen MR) is 61.4 cm³/mol. The summed E-state index contributed by atoms with van der Waals surface area (Å²) in [6.45, 7) is 0. The normalized spacial score (nSPS) is 9.71. The van der Waals surface area contributed by atoms with E-state index in [2.05, 4.69) is 15.3 Å². The number of nitrogens with zero attached hydrogens (tertiary/aromatic N) is 3. The standard InChI is InChI=1S/C11H6ClFN4/c12-7-3-8(13)5-9(4-7)17-11-10(6-14)15-1-2-16-11/h1-5H,(H,16,17). The summed E-state index contributed by atoms with van der Waals surface area (Å²) in [5.74, 6) is -0.209. The van der Waals surface area contributed by atoms with Crippen LogP contribution in [-0.4, -0.2) is 9.97 Å². The third-order valence-corrected chi connectivity index (χ3v) is 2.15. The van der Waals surface area contributed by atoms with Gasteiger partial charge in [-0.1, -0.05) is 11.6 Å². The van der Waals surface area contributed by atoms with Crippen molar-refractivity contribution < 1.29 is 4.39 Å². The summed E-state index contributed by atoms with van der Waals surface area (Å²) in [5.41, 5.74) is 0.542. The van der Waals surface area contributed by atoms with Crippen LogP contribution in [0.15, 0.2) is 30.6 Å². The van der Waals surface area contributed by atoms with Crippen molar-refractivity contribution in [3.63, 3.8) is 0 Å². The highest BCUT2D eigenvalue weighted by Gasteiger charge is 2.05. The highest BCUT2D eigenvalue weighted by atomic mass is 35.5. The van der Waals surface area contributed by atoms with Crippen molar-refractivity contribution in [2.45, 2.75) is 0 Å². The van der Waals surface area contributed by atoms with Gasteiger partial charge in [-0.2, -0.15) is 5.26 Å². The zero-order valence-electron chi connectivity index (χ0n) is 8.48. The van der Waals surface area contributed by atoms with Crippen molar-refractivity contribution in [2.24, 2.45) is 0 Å². The first-order valence-corrected chi connectivity index (χ1v) is 5.01. The molecule has 0 bridgehead atoms. The molecule has 4 nitrogen and oxygen atoms in total. The van der Waals surface area contributed by atoms with Crippen LogP contribution in [0.3, 0.4) is 0 Å². The first kappa shape index (κ1) is 11.3. The number of rotatable bonds is 2. The van der Waals surface area contributed by atoms with Crippen LogP contribution in [0, 0.1) is 17.1 Å². The molecule has 6 heteroatoms. The Bertz CT molecular complexity index is 574. The first-order chi connectivity index (χ1) is 8.19. The Labute approximate surface area is 102 Å². The lowest BCUT2D eigenvalue weighted by Gasteiger charge is -2.06. The van der Waals surface area contributed by atoms with Gasteiger partial charge >= 0.3 is 0 Å². The van der Waals surface area contributed by atoms with Gasteiger partial charge in [0.2, 0.25) is 0 Å². The molecule has 1 N–H and O–H groups in total. The monoisotopic (exact) mass is 248 g/mol. The Morgan fingerprint density at radius 1 is 1.24 bits per heavy atom. The lowest BCUT2D eigenvalue weighted by molar-refractivity contribution is 0.628. The maximum atomic E-state index is 13.1. The van der Waals surface area contributed by atoms with Crippen LogP contribution in [0.25, 0.3) is 0 Å². The van der Waals surface area contributed by atoms with E-state index in [1.165, 1.54) is 30.6 Å². The molecule has 0 saturated carbocycles. The van der Waals surface area contributed by atoms with Crippen LogP contribution in [0.1, 0.15) is 5.69 Å². The highest BCUT2D eigenvalue weighted by Crippen LogP contribution is 2.21. The first-order valence-electron chi connectivity index (χ1n) is 4.63. The number of hydrogen-bond donors (Lipinski definition) is 1. The minimum Gasteiger partial charge on any atom is -0.338 e. The van der Waals surface area contributed by atoms with E-state index in [1.54, 1.807) is 0 Å². The molecule has 1 aromatic heterocycles. The van der Waals surface area contributed by atoms with Crippen molar-refractivity contribution in [1.29, 1.82) is 5.26 Å². The van der Waals surface area contributed by atoms with Crippen molar-refractivity contribution in [2.75, 3.05) is 5.32 Å². The van der Waals surface area contributed by atoms with Crippen molar-refractivity contribution in [3.8, 4) is 6.07 Å². The summed E-state index contributed by atoms with van der Waals surface area (Å²) in [7, 11) is 0. The molecule has 17 heavy (non-hydrogen) atoms. The van der Waals surface area contributed by atoms with Crippen LogP contribution in [0.2, 0.25) is 5.02 Å². The maximum absolute atomic E-state index is 13.1. The van der Waals surface area contributed by atoms with Gasteiger partial charge < -0.3 is 5.32 Å². The van der Waals surface area contributed by atoms with Gasteiger partial charge in [-0.15, -0.1) is 0 Å². The van der Waals surface area contributed by atoms with Crippen LogP contribution in [0.5, 0.6) is 0 Å². The Kier molecular flexibility index (Phi) is 3.17. The molecule has 2 aromatic rings. The summed E-state index contributed by atoms with van der Waals surface area (Å²) < 4.78 is 13.1. The zero-order valence-corrected chi connectivity index (χ0v) is 9.24. The topological polar surface area (TPSA) is 61.6 Å². The Morgan fingerprint density at radius 2 is 2.00 bits per heavy atom. The van der Waals surface area contributed by atoms with Crippen molar-refractivity contribution in [3.05, 3.63) is 47.1 Å². The minimum absolute atomic E-state index is 0.132. The number of nitrogens with one attached hydrogen (secondary N) is 1. The molecule has 0 aliphatic carbocycles. The van der Waals surface area contributed by atoms with E-state index >= 15 is 0 Å². The molecule has 0 fully saturated rings.